The highest BCUT2D eigenvalue weighted by molar-refractivity contribution is 5.58. The summed E-state index contributed by atoms with van der Waals surface area (Å²) in [5.41, 5.74) is 13.5. The van der Waals surface area contributed by atoms with Gasteiger partial charge < -0.3 is 5.73 Å². The zero-order valence-corrected chi connectivity index (χ0v) is 13.8. The second kappa shape index (κ2) is 6.70. The van der Waals surface area contributed by atoms with Crippen LogP contribution in [0.5, 0.6) is 0 Å². The van der Waals surface area contributed by atoms with Crippen LogP contribution in [0.4, 0.5) is 5.69 Å². The van der Waals surface area contributed by atoms with Gasteiger partial charge in [0.2, 0.25) is 0 Å². The summed E-state index contributed by atoms with van der Waals surface area (Å²) in [6, 6.07) is 25.9. The number of anilines is 1. The molecule has 0 amide bonds. The van der Waals surface area contributed by atoms with E-state index < -0.39 is 0 Å². The average Bonchev–Trinajstić information content (AvgIpc) is 2.60. The van der Waals surface area contributed by atoms with Gasteiger partial charge >= 0.3 is 0 Å². The van der Waals surface area contributed by atoms with Crippen LogP contribution in [0.1, 0.15) is 40.7 Å². The van der Waals surface area contributed by atoms with Crippen molar-refractivity contribution in [3.8, 4) is 0 Å². The molecule has 2 N–H and O–H groups in total. The molecule has 0 atom stereocenters. The van der Waals surface area contributed by atoms with Crippen LogP contribution in [0.3, 0.4) is 0 Å². The highest BCUT2D eigenvalue weighted by Crippen LogP contribution is 2.34. The minimum Gasteiger partial charge on any atom is -0.398 e. The van der Waals surface area contributed by atoms with Crippen LogP contribution in [0.25, 0.3) is 0 Å². The van der Waals surface area contributed by atoms with Crippen molar-refractivity contribution in [2.45, 2.75) is 26.2 Å². The Bertz CT molecular complexity index is 736. The number of nitrogens with two attached hydrogens (primary N) is 1. The van der Waals surface area contributed by atoms with E-state index in [2.05, 4.69) is 86.6 Å². The first-order valence-corrected chi connectivity index (χ1v) is 8.19. The predicted octanol–water partition coefficient (Wildman–Crippen LogP) is 5.32. The summed E-state index contributed by atoms with van der Waals surface area (Å²) in [6.07, 6.45) is 0.955. The molecule has 0 radical (unpaired) electrons. The Morgan fingerprint density at radius 2 is 1.30 bits per heavy atom. The second-order valence-corrected chi connectivity index (χ2v) is 6.02. The molecule has 0 heterocycles. The van der Waals surface area contributed by atoms with Crippen molar-refractivity contribution in [3.05, 3.63) is 101 Å². The van der Waals surface area contributed by atoms with Crippen molar-refractivity contribution in [3.63, 3.8) is 0 Å². The fraction of sp³-hybridized carbons (Fsp3) is 0.182. The normalized spacial score (nSPS) is 10.9. The molecule has 3 aromatic carbocycles. The zero-order valence-electron chi connectivity index (χ0n) is 13.8. The second-order valence-electron chi connectivity index (χ2n) is 6.02. The molecule has 23 heavy (non-hydrogen) atoms. The number of aryl methyl sites for hydroxylation is 2. The summed E-state index contributed by atoms with van der Waals surface area (Å²) in [6.45, 7) is 4.26. The van der Waals surface area contributed by atoms with E-state index in [-0.39, 0.29) is 5.92 Å². The fourth-order valence-corrected chi connectivity index (χ4v) is 3.23. The summed E-state index contributed by atoms with van der Waals surface area (Å²) < 4.78 is 0. The molecule has 116 valence electrons. The lowest BCUT2D eigenvalue weighted by atomic mass is 9.83. The maximum atomic E-state index is 6.24. The minimum absolute atomic E-state index is 0.238. The van der Waals surface area contributed by atoms with Crippen molar-refractivity contribution < 1.29 is 0 Å². The number of hydrogen-bond acceptors (Lipinski definition) is 1. The van der Waals surface area contributed by atoms with Gasteiger partial charge in [0.15, 0.2) is 0 Å². The van der Waals surface area contributed by atoms with E-state index in [0.717, 1.165) is 17.7 Å². The van der Waals surface area contributed by atoms with Crippen molar-refractivity contribution in [1.82, 2.24) is 0 Å². The van der Waals surface area contributed by atoms with E-state index in [9.17, 15) is 0 Å². The van der Waals surface area contributed by atoms with Gasteiger partial charge in [-0.05, 0) is 41.2 Å². The van der Waals surface area contributed by atoms with Crippen LogP contribution in [-0.2, 0) is 6.42 Å². The third-order valence-corrected chi connectivity index (χ3v) is 4.47. The molecule has 0 saturated heterocycles. The quantitative estimate of drug-likeness (QED) is 0.512. The number of benzene rings is 3. The smallest absolute Gasteiger partial charge is 0.0376 e. The Morgan fingerprint density at radius 3 is 1.78 bits per heavy atom. The molecule has 0 aromatic heterocycles. The van der Waals surface area contributed by atoms with Gasteiger partial charge in [-0.3, -0.25) is 0 Å². The third-order valence-electron chi connectivity index (χ3n) is 4.47. The van der Waals surface area contributed by atoms with Crippen molar-refractivity contribution in [1.29, 1.82) is 0 Å². The number of nitrogen functional groups attached to an aromatic ring is 1. The molecule has 0 bridgehead atoms. The molecule has 3 rings (SSSR count). The predicted molar refractivity (Wildman–Crippen MR) is 98.8 cm³/mol. The topological polar surface area (TPSA) is 26.0 Å². The summed E-state index contributed by atoms with van der Waals surface area (Å²) in [4.78, 5) is 0. The van der Waals surface area contributed by atoms with Gasteiger partial charge in [0, 0.05) is 11.6 Å². The molecule has 0 fully saturated rings. The van der Waals surface area contributed by atoms with E-state index in [4.69, 9.17) is 5.73 Å². The summed E-state index contributed by atoms with van der Waals surface area (Å²) in [5, 5.41) is 0. The van der Waals surface area contributed by atoms with Crippen LogP contribution in [-0.4, -0.2) is 0 Å². The maximum Gasteiger partial charge on any atom is 0.0376 e. The van der Waals surface area contributed by atoms with Crippen LogP contribution >= 0.6 is 0 Å². The molecule has 0 aliphatic rings. The summed E-state index contributed by atoms with van der Waals surface area (Å²) in [7, 11) is 0. The summed E-state index contributed by atoms with van der Waals surface area (Å²) in [5.74, 6) is 0.238. The third kappa shape index (κ3) is 3.14. The first kappa shape index (κ1) is 15.4. The highest BCUT2D eigenvalue weighted by atomic mass is 14.6. The van der Waals surface area contributed by atoms with Gasteiger partial charge in [0.1, 0.15) is 0 Å². The van der Waals surface area contributed by atoms with E-state index in [0.29, 0.717) is 0 Å². The fourth-order valence-electron chi connectivity index (χ4n) is 3.23. The molecule has 0 unspecified atom stereocenters. The number of rotatable bonds is 4. The Kier molecular flexibility index (Phi) is 4.47. The van der Waals surface area contributed by atoms with Crippen molar-refractivity contribution >= 4 is 5.69 Å². The molecule has 0 saturated carbocycles. The molecule has 0 aliphatic heterocycles. The standard InChI is InChI=1S/C22H23N/c1-3-17-15-20(14-16(2)22(17)23)21(18-10-6-4-7-11-18)19-12-8-5-9-13-19/h4-15,21H,3,23H2,1-2H3. The molecule has 1 nitrogen and oxygen atoms in total. The first-order chi connectivity index (χ1) is 11.2. The van der Waals surface area contributed by atoms with E-state index in [1.165, 1.54) is 22.3 Å². The van der Waals surface area contributed by atoms with Crippen LogP contribution in [0.15, 0.2) is 72.8 Å². The lowest BCUT2D eigenvalue weighted by Gasteiger charge is -2.21. The Morgan fingerprint density at radius 1 is 0.783 bits per heavy atom. The monoisotopic (exact) mass is 301 g/mol. The van der Waals surface area contributed by atoms with E-state index in [1.54, 1.807) is 0 Å². The van der Waals surface area contributed by atoms with Gasteiger partial charge in [0.05, 0.1) is 0 Å². The maximum absolute atomic E-state index is 6.24. The van der Waals surface area contributed by atoms with Gasteiger partial charge in [-0.1, -0.05) is 79.7 Å². The van der Waals surface area contributed by atoms with Crippen molar-refractivity contribution in [2.24, 2.45) is 0 Å². The molecule has 0 aliphatic carbocycles. The first-order valence-electron chi connectivity index (χ1n) is 8.19. The van der Waals surface area contributed by atoms with Crippen LogP contribution < -0.4 is 5.73 Å². The van der Waals surface area contributed by atoms with Gasteiger partial charge in [-0.25, -0.2) is 0 Å². The molecule has 3 aromatic rings. The molecular formula is C22H23N. The zero-order chi connectivity index (χ0) is 16.2. The SMILES string of the molecule is CCc1cc(C(c2ccccc2)c2ccccc2)cc(C)c1N. The van der Waals surface area contributed by atoms with Gasteiger partial charge in [-0.2, -0.15) is 0 Å². The van der Waals surface area contributed by atoms with E-state index in [1.807, 2.05) is 0 Å². The lowest BCUT2D eigenvalue weighted by Crippen LogP contribution is -2.06. The van der Waals surface area contributed by atoms with Crippen LogP contribution in [0, 0.1) is 6.92 Å². The molecular weight excluding hydrogens is 278 g/mol. The Labute approximate surface area is 138 Å². The Balaban J connectivity index is 2.19. The lowest BCUT2D eigenvalue weighted by molar-refractivity contribution is 0.965. The Hall–Kier alpha value is -2.54. The van der Waals surface area contributed by atoms with E-state index >= 15 is 0 Å². The summed E-state index contributed by atoms with van der Waals surface area (Å²) >= 11 is 0. The average molecular weight is 301 g/mol. The minimum atomic E-state index is 0.238. The highest BCUT2D eigenvalue weighted by Gasteiger charge is 2.18. The van der Waals surface area contributed by atoms with Crippen molar-refractivity contribution in [2.75, 3.05) is 5.73 Å². The largest absolute Gasteiger partial charge is 0.398 e. The van der Waals surface area contributed by atoms with Crippen LogP contribution in [0.2, 0.25) is 0 Å². The molecule has 1 heteroatoms. The number of hydrogen-bond donors (Lipinski definition) is 1. The van der Waals surface area contributed by atoms with Gasteiger partial charge in [-0.15, -0.1) is 0 Å². The molecule has 0 spiro atoms. The van der Waals surface area contributed by atoms with Gasteiger partial charge in [0.25, 0.3) is 0 Å².